The Bertz CT molecular complexity index is 917. The second kappa shape index (κ2) is 9.26. The van der Waals surface area contributed by atoms with Crippen molar-refractivity contribution in [3.63, 3.8) is 0 Å². The minimum absolute atomic E-state index is 0.112. The van der Waals surface area contributed by atoms with Gasteiger partial charge in [-0.15, -0.1) is 11.3 Å². The second-order valence-corrected chi connectivity index (χ2v) is 6.77. The molecule has 0 aliphatic rings. The van der Waals surface area contributed by atoms with Gasteiger partial charge in [0, 0.05) is 12.1 Å². The third-order valence-electron chi connectivity index (χ3n) is 3.69. The summed E-state index contributed by atoms with van der Waals surface area (Å²) in [5.41, 5.74) is -0.268. The molecular formula is C17H21N3O6S. The number of carbonyl (C=O) groups is 3. The monoisotopic (exact) mass is 395 g/mol. The number of hydrogen-bond acceptors (Lipinski definition) is 8. The topological polar surface area (TPSA) is 127 Å². The summed E-state index contributed by atoms with van der Waals surface area (Å²) in [5.74, 6) is -1.42. The maximum absolute atomic E-state index is 12.3. The lowest BCUT2D eigenvalue weighted by molar-refractivity contribution is -0.147. The number of nitrogens with zero attached hydrogens (tertiary/aromatic N) is 1. The minimum atomic E-state index is -0.731. The standard InChI is InChI=1S/C17H21N3O6S/c1-4-5-6-18-11(21)8-26-12(22)7-10-13-15(23)19-9(2)20-16(13)27-14(10)17(24)25-3/h4-8H2,1-3H3,(H,18,21)(H,19,20,23). The van der Waals surface area contributed by atoms with Crippen molar-refractivity contribution in [1.82, 2.24) is 15.3 Å². The molecule has 2 heterocycles. The van der Waals surface area contributed by atoms with Crippen LogP contribution in [0.25, 0.3) is 10.2 Å². The van der Waals surface area contributed by atoms with Crippen molar-refractivity contribution in [2.24, 2.45) is 0 Å². The first-order valence-electron chi connectivity index (χ1n) is 8.40. The first-order valence-corrected chi connectivity index (χ1v) is 9.21. The highest BCUT2D eigenvalue weighted by molar-refractivity contribution is 7.20. The number of carbonyl (C=O) groups excluding carboxylic acids is 3. The van der Waals surface area contributed by atoms with Crippen LogP contribution in [-0.2, 0) is 25.5 Å². The Balaban J connectivity index is 2.19. The van der Waals surface area contributed by atoms with Gasteiger partial charge in [0.25, 0.3) is 11.5 Å². The van der Waals surface area contributed by atoms with Crippen LogP contribution in [0.15, 0.2) is 4.79 Å². The number of H-pyrrole nitrogens is 1. The number of amides is 1. The molecule has 0 saturated heterocycles. The smallest absolute Gasteiger partial charge is 0.348 e. The van der Waals surface area contributed by atoms with Crippen molar-refractivity contribution in [2.75, 3.05) is 20.3 Å². The van der Waals surface area contributed by atoms with Gasteiger partial charge in [0.1, 0.15) is 15.5 Å². The Morgan fingerprint density at radius 3 is 2.70 bits per heavy atom. The lowest BCUT2D eigenvalue weighted by atomic mass is 10.1. The molecule has 2 aromatic heterocycles. The molecular weight excluding hydrogens is 374 g/mol. The maximum Gasteiger partial charge on any atom is 0.348 e. The van der Waals surface area contributed by atoms with E-state index in [1.54, 1.807) is 6.92 Å². The van der Waals surface area contributed by atoms with Crippen molar-refractivity contribution in [2.45, 2.75) is 33.1 Å². The summed E-state index contributed by atoms with van der Waals surface area (Å²) in [7, 11) is 1.21. The van der Waals surface area contributed by atoms with E-state index >= 15 is 0 Å². The number of unbranched alkanes of at least 4 members (excludes halogenated alkanes) is 1. The summed E-state index contributed by atoms with van der Waals surface area (Å²) in [6.45, 7) is 3.69. The number of esters is 2. The molecule has 0 spiro atoms. The van der Waals surface area contributed by atoms with Crippen LogP contribution in [0.2, 0.25) is 0 Å². The Morgan fingerprint density at radius 1 is 1.30 bits per heavy atom. The van der Waals surface area contributed by atoms with Crippen molar-refractivity contribution >= 4 is 39.4 Å². The quantitative estimate of drug-likeness (QED) is 0.506. The lowest BCUT2D eigenvalue weighted by Gasteiger charge is -2.06. The number of nitrogens with one attached hydrogen (secondary N) is 2. The van der Waals surface area contributed by atoms with Gasteiger partial charge in [-0.05, 0) is 13.3 Å². The molecule has 2 rings (SSSR count). The zero-order valence-electron chi connectivity index (χ0n) is 15.3. The number of aryl methyl sites for hydroxylation is 1. The molecule has 0 bridgehead atoms. The SMILES string of the molecule is CCCCNC(=O)COC(=O)Cc1c(C(=O)OC)sc2nc(C)[nH]c(=O)c12. The van der Waals surface area contributed by atoms with E-state index in [0.29, 0.717) is 17.2 Å². The Morgan fingerprint density at radius 2 is 2.04 bits per heavy atom. The third kappa shape index (κ3) is 5.13. The number of aromatic nitrogens is 2. The summed E-state index contributed by atoms with van der Waals surface area (Å²) in [6.07, 6.45) is 1.42. The average molecular weight is 395 g/mol. The van der Waals surface area contributed by atoms with Crippen LogP contribution in [0.1, 0.15) is 40.8 Å². The summed E-state index contributed by atoms with van der Waals surface area (Å²) >= 11 is 0.972. The fraction of sp³-hybridized carbons (Fsp3) is 0.471. The molecule has 9 nitrogen and oxygen atoms in total. The van der Waals surface area contributed by atoms with Gasteiger partial charge in [-0.25, -0.2) is 9.78 Å². The normalized spacial score (nSPS) is 10.6. The Kier molecular flexibility index (Phi) is 7.05. The molecule has 0 unspecified atom stereocenters. The van der Waals surface area contributed by atoms with E-state index in [9.17, 15) is 19.2 Å². The van der Waals surface area contributed by atoms with E-state index < -0.39 is 30.0 Å². The number of fused-ring (bicyclic) bond motifs is 1. The van der Waals surface area contributed by atoms with Gasteiger partial charge in [0.15, 0.2) is 6.61 Å². The maximum atomic E-state index is 12.3. The average Bonchev–Trinajstić information content (AvgIpc) is 2.97. The largest absolute Gasteiger partial charge is 0.465 e. The van der Waals surface area contributed by atoms with Gasteiger partial charge in [-0.1, -0.05) is 13.3 Å². The number of methoxy groups -OCH3 is 1. The molecule has 0 radical (unpaired) electrons. The fourth-order valence-electron chi connectivity index (χ4n) is 2.40. The number of rotatable bonds is 8. The molecule has 0 saturated carbocycles. The summed E-state index contributed by atoms with van der Waals surface area (Å²) in [4.78, 5) is 55.3. The molecule has 146 valence electrons. The van der Waals surface area contributed by atoms with Crippen molar-refractivity contribution in [3.05, 3.63) is 26.6 Å². The predicted molar refractivity (Wildman–Crippen MR) is 98.9 cm³/mol. The molecule has 10 heteroatoms. The van der Waals surface area contributed by atoms with Crippen molar-refractivity contribution in [1.29, 1.82) is 0 Å². The Hall–Kier alpha value is -2.75. The van der Waals surface area contributed by atoms with E-state index in [-0.39, 0.29) is 22.2 Å². The highest BCUT2D eigenvalue weighted by Gasteiger charge is 2.24. The van der Waals surface area contributed by atoms with Crippen molar-refractivity contribution < 1.29 is 23.9 Å². The van der Waals surface area contributed by atoms with Gasteiger partial charge in [-0.2, -0.15) is 0 Å². The van der Waals surface area contributed by atoms with Gasteiger partial charge in [-0.3, -0.25) is 14.4 Å². The molecule has 1 amide bonds. The van der Waals surface area contributed by atoms with Gasteiger partial charge in [0.2, 0.25) is 0 Å². The van der Waals surface area contributed by atoms with E-state index in [1.807, 2.05) is 6.92 Å². The lowest BCUT2D eigenvalue weighted by Crippen LogP contribution is -2.30. The van der Waals surface area contributed by atoms with E-state index in [2.05, 4.69) is 15.3 Å². The highest BCUT2D eigenvalue weighted by atomic mass is 32.1. The fourth-order valence-corrected chi connectivity index (χ4v) is 3.55. The van der Waals surface area contributed by atoms with E-state index in [4.69, 9.17) is 9.47 Å². The first-order chi connectivity index (χ1) is 12.9. The van der Waals surface area contributed by atoms with Crippen LogP contribution >= 0.6 is 11.3 Å². The Labute approximate surface area is 159 Å². The van der Waals surface area contributed by atoms with E-state index in [1.165, 1.54) is 7.11 Å². The van der Waals surface area contributed by atoms with Gasteiger partial charge < -0.3 is 19.8 Å². The summed E-state index contributed by atoms with van der Waals surface area (Å²) in [6, 6.07) is 0. The molecule has 0 fully saturated rings. The highest BCUT2D eigenvalue weighted by Crippen LogP contribution is 2.29. The molecule has 0 aromatic carbocycles. The zero-order chi connectivity index (χ0) is 20.0. The van der Waals surface area contributed by atoms with Crippen LogP contribution in [0, 0.1) is 6.92 Å². The first kappa shape index (κ1) is 20.6. The number of aromatic amines is 1. The molecule has 2 N–H and O–H groups in total. The predicted octanol–water partition coefficient (Wildman–Crippen LogP) is 1.08. The third-order valence-corrected chi connectivity index (χ3v) is 4.79. The van der Waals surface area contributed by atoms with Crippen LogP contribution in [-0.4, -0.2) is 48.1 Å². The van der Waals surface area contributed by atoms with Crippen LogP contribution in [0.5, 0.6) is 0 Å². The van der Waals surface area contributed by atoms with Crippen LogP contribution < -0.4 is 10.9 Å². The molecule has 0 atom stereocenters. The molecule has 2 aromatic rings. The minimum Gasteiger partial charge on any atom is -0.465 e. The van der Waals surface area contributed by atoms with Crippen LogP contribution in [0.3, 0.4) is 0 Å². The van der Waals surface area contributed by atoms with Crippen LogP contribution in [0.4, 0.5) is 0 Å². The number of thiophene rings is 1. The molecule has 0 aliphatic heterocycles. The van der Waals surface area contributed by atoms with Gasteiger partial charge >= 0.3 is 11.9 Å². The molecule has 0 aliphatic carbocycles. The van der Waals surface area contributed by atoms with E-state index in [0.717, 1.165) is 24.2 Å². The number of hydrogen-bond donors (Lipinski definition) is 2. The second-order valence-electron chi connectivity index (χ2n) is 5.77. The van der Waals surface area contributed by atoms with Gasteiger partial charge in [0.05, 0.1) is 18.9 Å². The zero-order valence-corrected chi connectivity index (χ0v) is 16.2. The molecule has 27 heavy (non-hydrogen) atoms. The number of ether oxygens (including phenoxy) is 2. The summed E-state index contributed by atoms with van der Waals surface area (Å²) < 4.78 is 9.68. The summed E-state index contributed by atoms with van der Waals surface area (Å²) in [5, 5.41) is 2.78. The van der Waals surface area contributed by atoms with Crippen molar-refractivity contribution in [3.8, 4) is 0 Å².